The van der Waals surface area contributed by atoms with Gasteiger partial charge in [-0.25, -0.2) is 13.1 Å². The minimum Gasteiger partial charge on any atom is -0.492 e. The molecule has 9 nitrogen and oxygen atoms in total. The van der Waals surface area contributed by atoms with Gasteiger partial charge in [0.1, 0.15) is 34.9 Å². The third kappa shape index (κ3) is 9.04. The highest BCUT2D eigenvalue weighted by atomic mass is 32.2. The summed E-state index contributed by atoms with van der Waals surface area (Å²) in [4.78, 5) is 25.7. The average molecular weight is 571 g/mol. The van der Waals surface area contributed by atoms with E-state index in [0.717, 1.165) is 28.6 Å². The molecule has 0 bridgehead atoms. The Morgan fingerprint density at radius 1 is 0.950 bits per heavy atom. The monoisotopic (exact) mass is 570 g/mol. The lowest BCUT2D eigenvalue weighted by Crippen LogP contribution is -2.39. The van der Waals surface area contributed by atoms with E-state index >= 15 is 0 Å². The fourth-order valence-electron chi connectivity index (χ4n) is 4.04. The van der Waals surface area contributed by atoms with E-state index in [4.69, 9.17) is 14.2 Å². The van der Waals surface area contributed by atoms with Gasteiger partial charge in [0.2, 0.25) is 10.0 Å². The van der Waals surface area contributed by atoms with Crippen LogP contribution in [0.2, 0.25) is 0 Å². The minimum absolute atomic E-state index is 0.132. The molecule has 0 aromatic heterocycles. The van der Waals surface area contributed by atoms with Crippen LogP contribution in [0.4, 0.5) is 0 Å². The molecule has 10 heteroatoms. The second-order valence-electron chi connectivity index (χ2n) is 10.6. The number of nitrogens with zero attached hydrogens (tertiary/aromatic N) is 1. The lowest BCUT2D eigenvalue weighted by molar-refractivity contribution is -0.155. The third-order valence-corrected chi connectivity index (χ3v) is 7.35. The Labute approximate surface area is 236 Å². The van der Waals surface area contributed by atoms with Crippen molar-refractivity contribution in [1.82, 2.24) is 9.62 Å². The van der Waals surface area contributed by atoms with Gasteiger partial charge in [0.25, 0.3) is 0 Å². The fraction of sp³-hybridized carbons (Fsp3) is 0.400. The van der Waals surface area contributed by atoms with Crippen LogP contribution in [0.5, 0.6) is 11.5 Å². The summed E-state index contributed by atoms with van der Waals surface area (Å²) < 4.78 is 46.0. The van der Waals surface area contributed by atoms with Gasteiger partial charge in [0, 0.05) is 18.5 Å². The smallest absolute Gasteiger partial charge is 0.308 e. The molecule has 1 atom stereocenters. The molecule has 3 aromatic carbocycles. The SMILES string of the molecule is CN(C)CCOc1ccc2ccccc2c1CCOc1ccccc1S(=O)(=O)NC(C=O)CC(=O)OC(C)(C)C. The van der Waals surface area contributed by atoms with Gasteiger partial charge < -0.3 is 23.9 Å². The summed E-state index contributed by atoms with van der Waals surface area (Å²) >= 11 is 0. The van der Waals surface area contributed by atoms with E-state index in [1.54, 1.807) is 39.0 Å². The average Bonchev–Trinajstić information content (AvgIpc) is 2.88. The van der Waals surface area contributed by atoms with Gasteiger partial charge in [-0.05, 0) is 63.8 Å². The first kappa shape index (κ1) is 31.1. The molecule has 216 valence electrons. The number of likely N-dealkylation sites (N-methyl/N-ethyl adjacent to an activating group) is 1. The van der Waals surface area contributed by atoms with E-state index in [1.165, 1.54) is 6.07 Å². The number of carbonyl (C=O) groups excluding carboxylic acids is 2. The fourth-order valence-corrected chi connectivity index (χ4v) is 5.36. The summed E-state index contributed by atoms with van der Waals surface area (Å²) in [7, 11) is -0.233. The van der Waals surface area contributed by atoms with Crippen LogP contribution in [0.3, 0.4) is 0 Å². The molecule has 0 saturated heterocycles. The Balaban J connectivity index is 1.76. The molecule has 0 saturated carbocycles. The van der Waals surface area contributed by atoms with Crippen LogP contribution < -0.4 is 14.2 Å². The Bertz CT molecular complexity index is 1420. The topological polar surface area (TPSA) is 111 Å². The lowest BCUT2D eigenvalue weighted by Gasteiger charge is -2.21. The Morgan fingerprint density at radius 3 is 2.33 bits per heavy atom. The summed E-state index contributed by atoms with van der Waals surface area (Å²) in [5.41, 5.74) is 0.208. The minimum atomic E-state index is -4.19. The Hall–Kier alpha value is -3.47. The molecule has 3 rings (SSSR count). The molecular formula is C30H38N2O7S. The first-order chi connectivity index (χ1) is 18.9. The standard InChI is InChI=1S/C30H38N2O7S/c1-30(2,3)39-29(34)20-23(21-33)31-40(35,36)28-13-9-8-12-27(28)37-18-16-25-24-11-7-6-10-22(24)14-15-26(25)38-19-17-32(4)5/h6-15,21,23,31H,16-20H2,1-5H3. The van der Waals surface area contributed by atoms with Crippen LogP contribution in [0.1, 0.15) is 32.8 Å². The van der Waals surface area contributed by atoms with Gasteiger partial charge in [0.05, 0.1) is 19.1 Å². The Kier molecular flexibility index (Phi) is 10.7. The lowest BCUT2D eigenvalue weighted by atomic mass is 10.0. The normalized spacial score (nSPS) is 12.8. The molecule has 0 heterocycles. The number of para-hydroxylation sites is 1. The van der Waals surface area contributed by atoms with Crippen LogP contribution in [-0.2, 0) is 30.8 Å². The molecule has 0 aliphatic rings. The van der Waals surface area contributed by atoms with Crippen molar-refractivity contribution < 1.29 is 32.2 Å². The first-order valence-electron chi connectivity index (χ1n) is 13.1. The van der Waals surface area contributed by atoms with Gasteiger partial charge >= 0.3 is 5.97 Å². The maximum Gasteiger partial charge on any atom is 0.308 e. The van der Waals surface area contributed by atoms with Gasteiger partial charge in [0.15, 0.2) is 0 Å². The zero-order valence-corrected chi connectivity index (χ0v) is 24.5. The summed E-state index contributed by atoms with van der Waals surface area (Å²) in [5.74, 6) is 0.199. The molecule has 0 aliphatic heterocycles. The van der Waals surface area contributed by atoms with Crippen molar-refractivity contribution in [1.29, 1.82) is 0 Å². The highest BCUT2D eigenvalue weighted by molar-refractivity contribution is 7.89. The summed E-state index contributed by atoms with van der Waals surface area (Å²) in [6.45, 7) is 6.53. The van der Waals surface area contributed by atoms with Crippen molar-refractivity contribution in [3.05, 3.63) is 66.2 Å². The zero-order valence-electron chi connectivity index (χ0n) is 23.7. The van der Waals surface area contributed by atoms with Crippen LogP contribution in [0.15, 0.2) is 65.6 Å². The second-order valence-corrected chi connectivity index (χ2v) is 12.3. The van der Waals surface area contributed by atoms with E-state index in [-0.39, 0.29) is 17.3 Å². The number of nitrogens with one attached hydrogen (secondary N) is 1. The number of esters is 1. The van der Waals surface area contributed by atoms with Gasteiger partial charge in [-0.1, -0.05) is 42.5 Å². The van der Waals surface area contributed by atoms with Crippen LogP contribution in [-0.4, -0.2) is 71.1 Å². The van der Waals surface area contributed by atoms with Crippen molar-refractivity contribution in [3.63, 3.8) is 0 Å². The van der Waals surface area contributed by atoms with Crippen LogP contribution in [0, 0.1) is 0 Å². The molecule has 0 radical (unpaired) electrons. The molecular weight excluding hydrogens is 532 g/mol. The van der Waals surface area contributed by atoms with E-state index in [2.05, 4.69) is 4.72 Å². The largest absolute Gasteiger partial charge is 0.492 e. The zero-order chi connectivity index (χ0) is 29.3. The molecule has 0 aliphatic carbocycles. The molecule has 0 fully saturated rings. The quantitative estimate of drug-likeness (QED) is 0.229. The molecule has 1 unspecified atom stereocenters. The van der Waals surface area contributed by atoms with Crippen molar-refractivity contribution in [2.24, 2.45) is 0 Å². The number of benzene rings is 3. The number of hydrogen-bond donors (Lipinski definition) is 1. The van der Waals surface area contributed by atoms with Crippen molar-refractivity contribution in [2.75, 3.05) is 33.9 Å². The molecule has 0 amide bonds. The first-order valence-corrected chi connectivity index (χ1v) is 14.6. The highest BCUT2D eigenvalue weighted by Gasteiger charge is 2.27. The maximum absolute atomic E-state index is 13.2. The van der Waals surface area contributed by atoms with Gasteiger partial charge in [-0.2, -0.15) is 0 Å². The molecule has 3 aromatic rings. The number of rotatable bonds is 14. The maximum atomic E-state index is 13.2. The van der Waals surface area contributed by atoms with E-state index < -0.39 is 34.1 Å². The number of ether oxygens (including phenoxy) is 3. The predicted octanol–water partition coefficient (Wildman–Crippen LogP) is 3.98. The van der Waals surface area contributed by atoms with Gasteiger partial charge in [-0.15, -0.1) is 0 Å². The second kappa shape index (κ2) is 13.7. The summed E-state index contributed by atoms with van der Waals surface area (Å²) in [5, 5.41) is 2.10. The van der Waals surface area contributed by atoms with Crippen molar-refractivity contribution in [3.8, 4) is 11.5 Å². The van der Waals surface area contributed by atoms with E-state index in [0.29, 0.717) is 19.3 Å². The molecule has 1 N–H and O–H groups in total. The number of fused-ring (bicyclic) bond motifs is 1. The van der Waals surface area contributed by atoms with Crippen LogP contribution >= 0.6 is 0 Å². The number of carbonyl (C=O) groups is 2. The van der Waals surface area contributed by atoms with Crippen LogP contribution in [0.25, 0.3) is 10.8 Å². The van der Waals surface area contributed by atoms with Crippen molar-refractivity contribution in [2.45, 2.75) is 50.2 Å². The van der Waals surface area contributed by atoms with Crippen molar-refractivity contribution >= 4 is 33.1 Å². The van der Waals surface area contributed by atoms with E-state index in [1.807, 2.05) is 55.4 Å². The number of aldehydes is 1. The third-order valence-electron chi connectivity index (χ3n) is 5.82. The van der Waals surface area contributed by atoms with E-state index in [9.17, 15) is 18.0 Å². The highest BCUT2D eigenvalue weighted by Crippen LogP contribution is 2.30. The molecule has 0 spiro atoms. The Morgan fingerprint density at radius 2 is 1.62 bits per heavy atom. The predicted molar refractivity (Wildman–Crippen MR) is 154 cm³/mol. The number of sulfonamides is 1. The summed E-state index contributed by atoms with van der Waals surface area (Å²) in [6.07, 6.45) is 0.417. The van der Waals surface area contributed by atoms with Gasteiger partial charge in [-0.3, -0.25) is 4.79 Å². The number of hydrogen-bond acceptors (Lipinski definition) is 8. The molecule has 40 heavy (non-hydrogen) atoms. The summed E-state index contributed by atoms with van der Waals surface area (Å²) in [6, 6.07) is 16.8.